The van der Waals surface area contributed by atoms with Crippen LogP contribution in [0.15, 0.2) is 17.6 Å². The standard InChI is InChI=1S/C9H15Cl2N3O2S/c1-2-13-7-9(12-8-13)17(15,16)14(5-3-10)6-4-11/h7-8H,2-6H2,1H3. The predicted octanol–water partition coefficient (Wildman–Crippen LogP) is 1.37. The number of hydrogen-bond donors (Lipinski definition) is 0. The maximum absolute atomic E-state index is 12.2. The number of rotatable bonds is 7. The number of aromatic nitrogens is 2. The second-order valence-electron chi connectivity index (χ2n) is 3.32. The molecule has 1 aromatic heterocycles. The number of imidazole rings is 1. The maximum Gasteiger partial charge on any atom is 0.262 e. The second kappa shape index (κ2) is 6.58. The van der Waals surface area contributed by atoms with Gasteiger partial charge in [0.15, 0.2) is 5.03 Å². The molecule has 0 fully saturated rings. The van der Waals surface area contributed by atoms with E-state index in [1.165, 1.54) is 16.8 Å². The fraction of sp³-hybridized carbons (Fsp3) is 0.667. The Balaban J connectivity index is 2.98. The Kier molecular flexibility index (Phi) is 5.72. The zero-order valence-electron chi connectivity index (χ0n) is 9.51. The first-order chi connectivity index (χ1) is 8.06. The van der Waals surface area contributed by atoms with E-state index in [2.05, 4.69) is 4.98 Å². The van der Waals surface area contributed by atoms with Crippen molar-refractivity contribution in [1.82, 2.24) is 13.9 Å². The molecule has 0 atom stereocenters. The molecule has 98 valence electrons. The molecule has 8 heteroatoms. The SMILES string of the molecule is CCn1cnc(S(=O)(=O)N(CCCl)CCCl)c1. The summed E-state index contributed by atoms with van der Waals surface area (Å²) in [4.78, 5) is 3.89. The van der Waals surface area contributed by atoms with E-state index in [0.29, 0.717) is 6.54 Å². The van der Waals surface area contributed by atoms with E-state index in [-0.39, 0.29) is 29.9 Å². The third-order valence-electron chi connectivity index (χ3n) is 2.25. The molecular weight excluding hydrogens is 285 g/mol. The molecule has 0 saturated carbocycles. The molecule has 1 heterocycles. The van der Waals surface area contributed by atoms with E-state index >= 15 is 0 Å². The van der Waals surface area contributed by atoms with Crippen molar-refractivity contribution in [2.45, 2.75) is 18.5 Å². The molecule has 0 aliphatic rings. The minimum atomic E-state index is -3.58. The Morgan fingerprint density at radius 3 is 2.35 bits per heavy atom. The van der Waals surface area contributed by atoms with Gasteiger partial charge in [-0.1, -0.05) is 0 Å². The molecule has 0 spiro atoms. The van der Waals surface area contributed by atoms with Crippen LogP contribution in [0, 0.1) is 0 Å². The van der Waals surface area contributed by atoms with Crippen molar-refractivity contribution < 1.29 is 8.42 Å². The van der Waals surface area contributed by atoms with E-state index in [0.717, 1.165) is 0 Å². The van der Waals surface area contributed by atoms with Gasteiger partial charge in [0.25, 0.3) is 10.0 Å². The summed E-state index contributed by atoms with van der Waals surface area (Å²) in [5, 5.41) is 0.0367. The summed E-state index contributed by atoms with van der Waals surface area (Å²) in [5.41, 5.74) is 0. The average molecular weight is 300 g/mol. The molecule has 1 aromatic rings. The number of nitrogens with zero attached hydrogens (tertiary/aromatic N) is 3. The summed E-state index contributed by atoms with van der Waals surface area (Å²) in [6.07, 6.45) is 3.00. The third kappa shape index (κ3) is 3.58. The van der Waals surface area contributed by atoms with E-state index in [1.54, 1.807) is 4.57 Å². The molecule has 5 nitrogen and oxygen atoms in total. The first-order valence-corrected chi connectivity index (χ1v) is 7.71. The smallest absolute Gasteiger partial charge is 0.262 e. The molecule has 0 radical (unpaired) electrons. The first kappa shape index (κ1) is 14.8. The number of alkyl halides is 2. The number of hydrogen-bond acceptors (Lipinski definition) is 3. The Labute approximate surface area is 111 Å². The van der Waals surface area contributed by atoms with Crippen LogP contribution in [0.2, 0.25) is 0 Å². The molecule has 0 saturated heterocycles. The van der Waals surface area contributed by atoms with Gasteiger partial charge >= 0.3 is 0 Å². The normalized spacial score (nSPS) is 12.2. The predicted molar refractivity (Wildman–Crippen MR) is 68.1 cm³/mol. The highest BCUT2D eigenvalue weighted by Gasteiger charge is 2.25. The second-order valence-corrected chi connectivity index (χ2v) is 5.97. The molecule has 0 amide bonds. The lowest BCUT2D eigenvalue weighted by Gasteiger charge is -2.18. The summed E-state index contributed by atoms with van der Waals surface area (Å²) in [7, 11) is -3.58. The zero-order valence-corrected chi connectivity index (χ0v) is 11.8. The van der Waals surface area contributed by atoms with Gasteiger partial charge in [-0.05, 0) is 6.92 Å². The van der Waals surface area contributed by atoms with Gasteiger partial charge in [-0.15, -0.1) is 23.2 Å². The number of sulfonamides is 1. The van der Waals surface area contributed by atoms with Gasteiger partial charge in [-0.2, -0.15) is 4.31 Å². The highest BCUT2D eigenvalue weighted by atomic mass is 35.5. The van der Waals surface area contributed by atoms with Gasteiger partial charge in [0.2, 0.25) is 0 Å². The van der Waals surface area contributed by atoms with Gasteiger partial charge in [0.1, 0.15) is 0 Å². The summed E-state index contributed by atoms with van der Waals surface area (Å²) in [5.74, 6) is 0.454. The highest BCUT2D eigenvalue weighted by molar-refractivity contribution is 7.89. The summed E-state index contributed by atoms with van der Waals surface area (Å²) in [6, 6.07) is 0. The van der Waals surface area contributed by atoms with Crippen LogP contribution in [-0.2, 0) is 16.6 Å². The zero-order chi connectivity index (χ0) is 12.9. The molecule has 0 unspecified atom stereocenters. The maximum atomic E-state index is 12.2. The van der Waals surface area contributed by atoms with Crippen molar-refractivity contribution in [3.05, 3.63) is 12.5 Å². The largest absolute Gasteiger partial charge is 0.336 e. The molecule has 0 N–H and O–H groups in total. The van der Waals surface area contributed by atoms with Crippen LogP contribution in [0.4, 0.5) is 0 Å². The van der Waals surface area contributed by atoms with Gasteiger partial charge in [-0.3, -0.25) is 0 Å². The van der Waals surface area contributed by atoms with Crippen LogP contribution in [0.5, 0.6) is 0 Å². The van der Waals surface area contributed by atoms with Gasteiger partial charge in [-0.25, -0.2) is 13.4 Å². The van der Waals surface area contributed by atoms with Gasteiger partial charge in [0, 0.05) is 37.6 Å². The van der Waals surface area contributed by atoms with Crippen molar-refractivity contribution in [3.8, 4) is 0 Å². The molecule has 17 heavy (non-hydrogen) atoms. The minimum absolute atomic E-state index is 0.0367. The van der Waals surface area contributed by atoms with Crippen LogP contribution >= 0.6 is 23.2 Å². The highest BCUT2D eigenvalue weighted by Crippen LogP contribution is 2.13. The molecule has 0 aliphatic heterocycles. The molecular formula is C9H15Cl2N3O2S. The number of aryl methyl sites for hydroxylation is 1. The summed E-state index contributed by atoms with van der Waals surface area (Å²) in [6.45, 7) is 3.05. The van der Waals surface area contributed by atoms with Crippen LogP contribution in [0.25, 0.3) is 0 Å². The Hall–Kier alpha value is -0.300. The van der Waals surface area contributed by atoms with Crippen LogP contribution in [-0.4, -0.2) is 47.1 Å². The fourth-order valence-corrected chi connectivity index (χ4v) is 3.30. The lowest BCUT2D eigenvalue weighted by Crippen LogP contribution is -2.34. The third-order valence-corrected chi connectivity index (χ3v) is 4.37. The molecule has 0 aromatic carbocycles. The van der Waals surface area contributed by atoms with Crippen molar-refractivity contribution in [2.24, 2.45) is 0 Å². The van der Waals surface area contributed by atoms with Crippen molar-refractivity contribution in [2.75, 3.05) is 24.8 Å². The van der Waals surface area contributed by atoms with E-state index in [9.17, 15) is 8.42 Å². The van der Waals surface area contributed by atoms with Gasteiger partial charge in [0.05, 0.1) is 6.33 Å². The topological polar surface area (TPSA) is 55.2 Å². The van der Waals surface area contributed by atoms with Crippen LogP contribution in [0.1, 0.15) is 6.92 Å². The first-order valence-electron chi connectivity index (χ1n) is 5.20. The van der Waals surface area contributed by atoms with Crippen LogP contribution < -0.4 is 0 Å². The van der Waals surface area contributed by atoms with Gasteiger partial charge < -0.3 is 4.57 Å². The fourth-order valence-electron chi connectivity index (χ4n) is 1.32. The molecule has 0 bridgehead atoms. The minimum Gasteiger partial charge on any atom is -0.336 e. The summed E-state index contributed by atoms with van der Waals surface area (Å²) >= 11 is 11.2. The average Bonchev–Trinajstić information content (AvgIpc) is 2.78. The lowest BCUT2D eigenvalue weighted by molar-refractivity contribution is 0.446. The quantitative estimate of drug-likeness (QED) is 0.715. The number of halogens is 2. The summed E-state index contributed by atoms with van der Waals surface area (Å²) < 4.78 is 27.3. The van der Waals surface area contributed by atoms with E-state index in [1.807, 2.05) is 6.92 Å². The van der Waals surface area contributed by atoms with Crippen LogP contribution in [0.3, 0.4) is 0 Å². The molecule has 1 rings (SSSR count). The Bertz CT molecular complexity index is 441. The molecule has 0 aliphatic carbocycles. The Morgan fingerprint density at radius 2 is 1.94 bits per heavy atom. The monoisotopic (exact) mass is 299 g/mol. The van der Waals surface area contributed by atoms with Crippen molar-refractivity contribution in [3.63, 3.8) is 0 Å². The van der Waals surface area contributed by atoms with Crippen molar-refractivity contribution in [1.29, 1.82) is 0 Å². The van der Waals surface area contributed by atoms with Crippen molar-refractivity contribution >= 4 is 33.2 Å². The Morgan fingerprint density at radius 1 is 1.35 bits per heavy atom. The lowest BCUT2D eigenvalue weighted by atomic mass is 10.6. The van der Waals surface area contributed by atoms with E-state index < -0.39 is 10.0 Å². The van der Waals surface area contributed by atoms with E-state index in [4.69, 9.17) is 23.2 Å².